The zero-order valence-electron chi connectivity index (χ0n) is 14.4. The second kappa shape index (κ2) is 9.85. The SMILES string of the molecule is CCCCP(Br)(CCCC)(CCCC)CC1OCCCO1. The molecule has 0 aromatic rings. The molecule has 0 aromatic heterocycles. The minimum atomic E-state index is -1.87. The fourth-order valence-electron chi connectivity index (χ4n) is 3.28. The molecule has 0 spiro atoms. The van der Waals surface area contributed by atoms with Crippen molar-refractivity contribution in [3.63, 3.8) is 0 Å². The van der Waals surface area contributed by atoms with Crippen molar-refractivity contribution >= 4 is 20.8 Å². The summed E-state index contributed by atoms with van der Waals surface area (Å²) in [6.07, 6.45) is 14.2. The molecule has 4 heteroatoms. The molecule has 1 aliphatic rings. The van der Waals surface area contributed by atoms with Gasteiger partial charge in [-0.25, -0.2) is 0 Å². The average molecular weight is 383 g/mol. The van der Waals surface area contributed by atoms with E-state index in [4.69, 9.17) is 9.47 Å². The van der Waals surface area contributed by atoms with E-state index < -0.39 is 5.31 Å². The number of ether oxygens (including phenoxy) is 2. The van der Waals surface area contributed by atoms with E-state index in [1.807, 2.05) is 0 Å². The van der Waals surface area contributed by atoms with Gasteiger partial charge in [-0.1, -0.05) is 0 Å². The van der Waals surface area contributed by atoms with Gasteiger partial charge in [-0.2, -0.15) is 0 Å². The van der Waals surface area contributed by atoms with Gasteiger partial charge in [0.2, 0.25) is 0 Å². The van der Waals surface area contributed by atoms with Crippen molar-refractivity contribution in [1.82, 2.24) is 0 Å². The van der Waals surface area contributed by atoms with Crippen LogP contribution in [0.1, 0.15) is 65.7 Å². The van der Waals surface area contributed by atoms with E-state index in [0.29, 0.717) is 0 Å². The van der Waals surface area contributed by atoms with Gasteiger partial charge in [-0.3, -0.25) is 0 Å². The molecule has 21 heavy (non-hydrogen) atoms. The van der Waals surface area contributed by atoms with E-state index >= 15 is 0 Å². The second-order valence-electron chi connectivity index (χ2n) is 6.76. The molecule has 0 amide bonds. The molecular weight excluding hydrogens is 347 g/mol. The van der Waals surface area contributed by atoms with Crippen molar-refractivity contribution in [2.24, 2.45) is 0 Å². The third kappa shape index (κ3) is 6.85. The van der Waals surface area contributed by atoms with E-state index in [1.165, 1.54) is 57.0 Å². The van der Waals surface area contributed by atoms with Crippen LogP contribution in [0.2, 0.25) is 0 Å². The molecule has 0 N–H and O–H groups in total. The van der Waals surface area contributed by atoms with E-state index in [9.17, 15) is 0 Å². The Balaban J connectivity index is 2.83. The molecule has 1 rings (SSSR count). The Labute approximate surface area is 140 Å². The molecule has 1 aliphatic heterocycles. The molecule has 1 fully saturated rings. The fourth-order valence-corrected chi connectivity index (χ4v) is 11.7. The van der Waals surface area contributed by atoms with Gasteiger partial charge < -0.3 is 0 Å². The van der Waals surface area contributed by atoms with Crippen LogP contribution in [-0.4, -0.2) is 44.2 Å². The number of unbranched alkanes of at least 4 members (excludes halogenated alkanes) is 3. The van der Waals surface area contributed by atoms with Gasteiger partial charge in [-0.15, -0.1) is 0 Å². The molecule has 0 aliphatic carbocycles. The van der Waals surface area contributed by atoms with Crippen molar-refractivity contribution < 1.29 is 9.47 Å². The summed E-state index contributed by atoms with van der Waals surface area (Å²) in [5.74, 6) is 0. The van der Waals surface area contributed by atoms with Gasteiger partial charge in [0, 0.05) is 0 Å². The first-order valence-corrected chi connectivity index (χ1v) is 14.0. The summed E-state index contributed by atoms with van der Waals surface area (Å²) < 4.78 is 11.8. The van der Waals surface area contributed by atoms with Crippen molar-refractivity contribution in [1.29, 1.82) is 0 Å². The first-order valence-electron chi connectivity index (χ1n) is 9.01. The first-order chi connectivity index (χ1) is 10.1. The van der Waals surface area contributed by atoms with E-state index in [2.05, 4.69) is 36.3 Å². The van der Waals surface area contributed by atoms with Crippen LogP contribution in [0.5, 0.6) is 0 Å². The molecule has 128 valence electrons. The maximum absolute atomic E-state index is 5.92. The van der Waals surface area contributed by atoms with Crippen LogP contribution in [0.4, 0.5) is 0 Å². The predicted octanol–water partition coefficient (Wildman–Crippen LogP) is 6.01. The molecule has 1 saturated heterocycles. The minimum absolute atomic E-state index is 0.0429. The Morgan fingerprint density at radius 3 is 1.67 bits per heavy atom. The number of rotatable bonds is 11. The Morgan fingerprint density at radius 2 is 1.29 bits per heavy atom. The normalized spacial score (nSPS) is 19.3. The Hall–Kier alpha value is 0.830. The summed E-state index contributed by atoms with van der Waals surface area (Å²) in [6, 6.07) is 0. The summed E-state index contributed by atoms with van der Waals surface area (Å²) in [4.78, 5) is 0. The van der Waals surface area contributed by atoms with Gasteiger partial charge in [0.15, 0.2) is 0 Å². The van der Waals surface area contributed by atoms with Crippen molar-refractivity contribution in [2.45, 2.75) is 72.0 Å². The van der Waals surface area contributed by atoms with E-state index in [1.54, 1.807) is 0 Å². The molecule has 0 radical (unpaired) electrons. The maximum atomic E-state index is 5.92. The van der Waals surface area contributed by atoms with Gasteiger partial charge in [0.05, 0.1) is 0 Å². The van der Waals surface area contributed by atoms with Crippen molar-refractivity contribution in [3.05, 3.63) is 0 Å². The molecule has 0 aromatic carbocycles. The zero-order chi connectivity index (χ0) is 15.6. The van der Waals surface area contributed by atoms with Gasteiger partial charge in [0.1, 0.15) is 0 Å². The third-order valence-corrected chi connectivity index (χ3v) is 14.3. The number of hydrogen-bond acceptors (Lipinski definition) is 2. The molecule has 0 unspecified atom stereocenters. The van der Waals surface area contributed by atoms with Crippen molar-refractivity contribution in [3.8, 4) is 0 Å². The van der Waals surface area contributed by atoms with Crippen LogP contribution in [0.15, 0.2) is 0 Å². The quantitative estimate of drug-likeness (QED) is 0.407. The molecular formula is C17H36BrO2P. The van der Waals surface area contributed by atoms with Gasteiger partial charge in [0.25, 0.3) is 0 Å². The van der Waals surface area contributed by atoms with Crippen LogP contribution in [-0.2, 0) is 9.47 Å². The summed E-state index contributed by atoms with van der Waals surface area (Å²) in [5, 5.41) is -1.87. The van der Waals surface area contributed by atoms with E-state index in [0.717, 1.165) is 25.8 Å². The molecule has 1 heterocycles. The average Bonchev–Trinajstić information content (AvgIpc) is 2.51. The topological polar surface area (TPSA) is 18.5 Å². The standard InChI is InChI=1S/C17H36BrO2P/c1-4-7-13-21(18,14-8-5-2,15-9-6-3)16-17-19-11-10-12-20-17/h17H,4-16H2,1-3H3. The summed E-state index contributed by atoms with van der Waals surface area (Å²) in [6.45, 7) is 8.67. The molecule has 0 saturated carbocycles. The summed E-state index contributed by atoms with van der Waals surface area (Å²) >= 11 is 4.40. The Morgan fingerprint density at radius 1 is 0.857 bits per heavy atom. The molecule has 0 atom stereocenters. The summed E-state index contributed by atoms with van der Waals surface area (Å²) in [5.41, 5.74) is 0. The Kier molecular flexibility index (Phi) is 9.33. The molecule has 0 bridgehead atoms. The zero-order valence-corrected chi connectivity index (χ0v) is 16.9. The monoisotopic (exact) mass is 382 g/mol. The second-order valence-corrected chi connectivity index (χ2v) is 18.1. The number of halogens is 1. The van der Waals surface area contributed by atoms with Crippen LogP contribution in [0.3, 0.4) is 0 Å². The number of hydrogen-bond donors (Lipinski definition) is 0. The predicted molar refractivity (Wildman–Crippen MR) is 100 cm³/mol. The van der Waals surface area contributed by atoms with Gasteiger partial charge >= 0.3 is 140 Å². The fraction of sp³-hybridized carbons (Fsp3) is 1.00. The van der Waals surface area contributed by atoms with Crippen molar-refractivity contribution in [2.75, 3.05) is 37.9 Å². The van der Waals surface area contributed by atoms with Crippen LogP contribution in [0, 0.1) is 0 Å². The Bertz CT molecular complexity index is 255. The van der Waals surface area contributed by atoms with Crippen LogP contribution in [0.25, 0.3) is 0 Å². The van der Waals surface area contributed by atoms with E-state index in [-0.39, 0.29) is 6.29 Å². The third-order valence-electron chi connectivity index (χ3n) is 4.71. The molecule has 2 nitrogen and oxygen atoms in total. The van der Waals surface area contributed by atoms with Crippen LogP contribution < -0.4 is 0 Å². The van der Waals surface area contributed by atoms with Gasteiger partial charge in [-0.05, 0) is 0 Å². The summed E-state index contributed by atoms with van der Waals surface area (Å²) in [7, 11) is 0. The van der Waals surface area contributed by atoms with Crippen LogP contribution >= 0.6 is 20.8 Å². The first kappa shape index (κ1) is 19.9.